The molecule has 0 saturated heterocycles. The molecule has 2 N–H and O–H groups in total. The van der Waals surface area contributed by atoms with Gasteiger partial charge >= 0.3 is 0 Å². The fourth-order valence-electron chi connectivity index (χ4n) is 1.05. The normalized spacial score (nSPS) is 12.4. The van der Waals surface area contributed by atoms with Crippen LogP contribution in [0.3, 0.4) is 0 Å². The van der Waals surface area contributed by atoms with E-state index in [9.17, 15) is 16.8 Å². The molecule has 0 fully saturated rings. The average molecular weight is 266 g/mol. The first-order chi connectivity index (χ1) is 7.16. The van der Waals surface area contributed by atoms with E-state index in [1.165, 1.54) is 7.05 Å². The van der Waals surface area contributed by atoms with Crippen molar-refractivity contribution in [2.75, 3.05) is 7.05 Å². The molecule has 0 heterocycles. The van der Waals surface area contributed by atoms with Gasteiger partial charge in [0.25, 0.3) is 20.2 Å². The number of nitrogens with zero attached hydrogens (tertiary/aromatic N) is 1. The van der Waals surface area contributed by atoms with Gasteiger partial charge in [-0.3, -0.25) is 14.4 Å². The second-order valence-corrected chi connectivity index (χ2v) is 5.61. The average Bonchev–Trinajstić information content (AvgIpc) is 2.14. The number of hydrogen-bond donors (Lipinski definition) is 2. The Hall–Kier alpha value is -1.16. The highest BCUT2D eigenvalue weighted by Gasteiger charge is 2.20. The van der Waals surface area contributed by atoms with Crippen molar-refractivity contribution in [1.29, 1.82) is 0 Å². The summed E-state index contributed by atoms with van der Waals surface area (Å²) in [6.45, 7) is 0. The largest absolute Gasteiger partial charge is 0.296 e. The highest BCUT2D eigenvalue weighted by atomic mass is 32.2. The van der Waals surface area contributed by atoms with Gasteiger partial charge in [0.15, 0.2) is 0 Å². The van der Waals surface area contributed by atoms with Crippen molar-refractivity contribution >= 4 is 25.9 Å². The maximum Gasteiger partial charge on any atom is 0.296 e. The molecule has 0 atom stereocenters. The molecule has 16 heavy (non-hydrogen) atoms. The van der Waals surface area contributed by atoms with E-state index < -0.39 is 30.0 Å². The van der Waals surface area contributed by atoms with Gasteiger partial charge in [-0.25, -0.2) is 0 Å². The molecule has 1 rings (SSSR count). The van der Waals surface area contributed by atoms with Gasteiger partial charge in [0.1, 0.15) is 4.90 Å². The summed E-state index contributed by atoms with van der Waals surface area (Å²) in [4.78, 5) is -1.31. The third-order valence-electron chi connectivity index (χ3n) is 1.75. The van der Waals surface area contributed by atoms with Crippen LogP contribution < -0.4 is 5.32 Å². The Morgan fingerprint density at radius 3 is 2.00 bits per heavy atom. The number of benzene rings is 1. The molecule has 1 radical (unpaired) electrons. The third-order valence-corrected chi connectivity index (χ3v) is 3.48. The van der Waals surface area contributed by atoms with Crippen molar-refractivity contribution in [1.82, 2.24) is 5.32 Å². The molecule has 0 aliphatic rings. The van der Waals surface area contributed by atoms with Crippen molar-refractivity contribution in [3.63, 3.8) is 0 Å². The van der Waals surface area contributed by atoms with Crippen LogP contribution in [0.15, 0.2) is 28.0 Å². The van der Waals surface area contributed by atoms with Crippen LogP contribution in [0.5, 0.6) is 0 Å². The highest BCUT2D eigenvalue weighted by Crippen LogP contribution is 2.24. The number of rotatable bonds is 3. The van der Waals surface area contributed by atoms with Gasteiger partial charge in [-0.05, 0) is 18.2 Å². The maximum atomic E-state index is 10.9. The maximum absolute atomic E-state index is 10.9. The minimum Gasteiger partial charge on any atom is -0.287 e. The van der Waals surface area contributed by atoms with Crippen molar-refractivity contribution in [3.8, 4) is 0 Å². The molecule has 9 heteroatoms. The molecule has 0 spiro atoms. The summed E-state index contributed by atoms with van der Waals surface area (Å²) < 4.78 is 60.9. The molecule has 0 aliphatic carbocycles. The first kappa shape index (κ1) is 12.9. The molecule has 0 bridgehead atoms. The van der Waals surface area contributed by atoms with Crippen LogP contribution in [-0.2, 0) is 20.2 Å². The zero-order valence-electron chi connectivity index (χ0n) is 8.02. The summed E-state index contributed by atoms with van der Waals surface area (Å²) in [5.41, 5.74) is -0.102. The predicted molar refractivity (Wildman–Crippen MR) is 53.8 cm³/mol. The molecule has 0 unspecified atom stereocenters. The van der Waals surface area contributed by atoms with Crippen molar-refractivity contribution in [3.05, 3.63) is 18.2 Å². The molecular formula is C7H8NO6S2. The SMILES string of the molecule is C[N]c1ccc(S(=O)(=O)O)cc1S(=O)(=O)O. The van der Waals surface area contributed by atoms with Gasteiger partial charge in [-0.1, -0.05) is 0 Å². The minimum absolute atomic E-state index is 0.102. The lowest BCUT2D eigenvalue weighted by atomic mass is 10.3. The lowest BCUT2D eigenvalue weighted by Gasteiger charge is -2.05. The fourth-order valence-corrected chi connectivity index (χ4v) is 2.33. The van der Waals surface area contributed by atoms with E-state index >= 15 is 0 Å². The molecule has 0 saturated carbocycles. The van der Waals surface area contributed by atoms with Gasteiger partial charge in [0.05, 0.1) is 10.6 Å². The topological polar surface area (TPSA) is 123 Å². The summed E-state index contributed by atoms with van der Waals surface area (Å²) in [7, 11) is -7.85. The monoisotopic (exact) mass is 266 g/mol. The summed E-state index contributed by atoms with van der Waals surface area (Å²) >= 11 is 0. The zero-order chi connectivity index (χ0) is 12.6. The Kier molecular flexibility index (Phi) is 3.24. The highest BCUT2D eigenvalue weighted by molar-refractivity contribution is 7.86. The summed E-state index contributed by atoms with van der Waals surface area (Å²) in [6, 6.07) is 2.67. The van der Waals surface area contributed by atoms with E-state index in [-0.39, 0.29) is 5.69 Å². The fraction of sp³-hybridized carbons (Fsp3) is 0.143. The number of hydrogen-bond acceptors (Lipinski definition) is 4. The smallest absolute Gasteiger partial charge is 0.287 e. The van der Waals surface area contributed by atoms with E-state index in [0.29, 0.717) is 6.07 Å². The third kappa shape index (κ3) is 2.70. The van der Waals surface area contributed by atoms with Gasteiger partial charge in [-0.15, -0.1) is 0 Å². The zero-order valence-corrected chi connectivity index (χ0v) is 9.66. The van der Waals surface area contributed by atoms with Crippen LogP contribution in [0.2, 0.25) is 0 Å². The lowest BCUT2D eigenvalue weighted by Crippen LogP contribution is -2.06. The van der Waals surface area contributed by atoms with Crippen LogP contribution in [-0.4, -0.2) is 33.0 Å². The first-order valence-corrected chi connectivity index (χ1v) is 6.73. The van der Waals surface area contributed by atoms with E-state index in [2.05, 4.69) is 5.32 Å². The molecule has 89 valence electrons. The minimum atomic E-state index is -4.60. The molecule has 7 nitrogen and oxygen atoms in total. The van der Waals surface area contributed by atoms with Crippen LogP contribution in [0.1, 0.15) is 0 Å². The second-order valence-electron chi connectivity index (χ2n) is 2.80. The van der Waals surface area contributed by atoms with E-state index in [0.717, 1.165) is 12.1 Å². The van der Waals surface area contributed by atoms with Gasteiger partial charge < -0.3 is 0 Å². The molecular weight excluding hydrogens is 258 g/mol. The Labute approximate surface area is 92.6 Å². The Balaban J connectivity index is 3.58. The van der Waals surface area contributed by atoms with Crippen molar-refractivity contribution < 1.29 is 25.9 Å². The lowest BCUT2D eigenvalue weighted by molar-refractivity contribution is 0.481. The summed E-state index contributed by atoms with van der Waals surface area (Å²) in [5, 5.41) is 3.54. The Morgan fingerprint density at radius 1 is 1.06 bits per heavy atom. The molecule has 1 aromatic rings. The van der Waals surface area contributed by atoms with Crippen LogP contribution in [0.4, 0.5) is 5.69 Å². The predicted octanol–water partition coefficient (Wildman–Crippen LogP) is 0.0457. The van der Waals surface area contributed by atoms with Crippen LogP contribution >= 0.6 is 0 Å². The molecule has 0 aliphatic heterocycles. The van der Waals surface area contributed by atoms with E-state index in [4.69, 9.17) is 9.11 Å². The Bertz CT molecular complexity index is 604. The van der Waals surface area contributed by atoms with E-state index in [1.54, 1.807) is 0 Å². The summed E-state index contributed by atoms with van der Waals surface area (Å²) in [6.07, 6.45) is 0. The molecule has 1 aromatic carbocycles. The van der Waals surface area contributed by atoms with Crippen LogP contribution in [0.25, 0.3) is 0 Å². The van der Waals surface area contributed by atoms with Crippen molar-refractivity contribution in [2.24, 2.45) is 0 Å². The second kappa shape index (κ2) is 4.01. The van der Waals surface area contributed by atoms with Gasteiger partial charge in [-0.2, -0.15) is 16.8 Å². The van der Waals surface area contributed by atoms with Crippen LogP contribution in [0, 0.1) is 0 Å². The molecule has 0 aromatic heterocycles. The quantitative estimate of drug-likeness (QED) is 0.745. The standard InChI is InChI=1S/C7H8NO6S2/c1-8-6-3-2-5(15(9,10)11)4-7(6)16(12,13)14/h2-4H,1H3,(H,9,10,11)(H,12,13,14). The van der Waals surface area contributed by atoms with E-state index in [1.807, 2.05) is 0 Å². The molecule has 0 amide bonds. The Morgan fingerprint density at radius 2 is 1.62 bits per heavy atom. The summed E-state index contributed by atoms with van der Waals surface area (Å²) in [5.74, 6) is 0. The van der Waals surface area contributed by atoms with Gasteiger partial charge in [0, 0.05) is 7.05 Å². The first-order valence-electron chi connectivity index (χ1n) is 3.85. The van der Waals surface area contributed by atoms with Gasteiger partial charge in [0.2, 0.25) is 0 Å². The van der Waals surface area contributed by atoms with Crippen molar-refractivity contribution in [2.45, 2.75) is 9.79 Å².